The maximum absolute atomic E-state index is 15.7. The van der Waals surface area contributed by atoms with Crippen molar-refractivity contribution in [3.05, 3.63) is 113 Å². The monoisotopic (exact) mass is 552 g/mol. The van der Waals surface area contributed by atoms with Gasteiger partial charge in [-0.3, -0.25) is 4.79 Å². The van der Waals surface area contributed by atoms with Crippen LogP contribution in [0.25, 0.3) is 16.6 Å². The molecule has 2 aromatic heterocycles. The lowest BCUT2D eigenvalue weighted by Crippen LogP contribution is -2.46. The normalized spacial score (nSPS) is 13.5. The number of carbonyl (C=O) groups is 1. The number of pyridine rings is 1. The highest BCUT2D eigenvalue weighted by molar-refractivity contribution is 5.95. The van der Waals surface area contributed by atoms with Crippen LogP contribution in [-0.4, -0.2) is 58.1 Å². The minimum atomic E-state index is -0.747. The number of esters is 1. The van der Waals surface area contributed by atoms with Crippen LogP contribution in [0.1, 0.15) is 22.8 Å². The van der Waals surface area contributed by atoms with Gasteiger partial charge in [0.1, 0.15) is 24.0 Å². The predicted octanol–water partition coefficient (Wildman–Crippen LogP) is 4.27. The van der Waals surface area contributed by atoms with Gasteiger partial charge in [0.15, 0.2) is 0 Å². The average molecular weight is 553 g/mol. The molecule has 0 unspecified atom stereocenters. The number of benzene rings is 3. The Morgan fingerprint density at radius 3 is 2.41 bits per heavy atom. The summed E-state index contributed by atoms with van der Waals surface area (Å²) in [6, 6.07) is 20.7. The largest absolute Gasteiger partial charge is 0.462 e. The summed E-state index contributed by atoms with van der Waals surface area (Å²) in [5, 5.41) is 4.33. The van der Waals surface area contributed by atoms with Crippen LogP contribution in [0.3, 0.4) is 0 Å². The maximum atomic E-state index is 15.7. The highest BCUT2D eigenvalue weighted by Crippen LogP contribution is 2.30. The standard InChI is InChI=1S/C31H29FN6O3/c1-2-41-31(40)25-19-38(27-11-7-6-8-22(27)18-37-21-33-20-34-37)28-17-29(26(32)16-24(28)30(25)39)36-14-12-35(13-15-36)23-9-4-3-5-10-23/h3-11,16-17,19-21H,2,12-15,18H2,1H3. The molecule has 10 heteroatoms. The molecule has 0 atom stereocenters. The summed E-state index contributed by atoms with van der Waals surface area (Å²) in [5.74, 6) is -1.25. The smallest absolute Gasteiger partial charge is 0.343 e. The Morgan fingerprint density at radius 1 is 0.951 bits per heavy atom. The van der Waals surface area contributed by atoms with Gasteiger partial charge < -0.3 is 19.1 Å². The first-order valence-corrected chi connectivity index (χ1v) is 13.5. The maximum Gasteiger partial charge on any atom is 0.343 e. The summed E-state index contributed by atoms with van der Waals surface area (Å²) in [6.45, 7) is 4.90. The van der Waals surface area contributed by atoms with Gasteiger partial charge in [0, 0.05) is 43.4 Å². The molecule has 0 amide bonds. The molecule has 1 saturated heterocycles. The summed E-state index contributed by atoms with van der Waals surface area (Å²) in [6.07, 6.45) is 4.58. The Morgan fingerprint density at radius 2 is 1.68 bits per heavy atom. The quantitative estimate of drug-likeness (QED) is 0.279. The van der Waals surface area contributed by atoms with Gasteiger partial charge in [-0.05, 0) is 42.8 Å². The molecular weight excluding hydrogens is 523 g/mol. The molecule has 0 radical (unpaired) electrons. The summed E-state index contributed by atoms with van der Waals surface area (Å²) in [4.78, 5) is 34.6. The van der Waals surface area contributed by atoms with Crippen molar-refractivity contribution in [3.63, 3.8) is 0 Å². The number of hydrogen-bond acceptors (Lipinski definition) is 7. The van der Waals surface area contributed by atoms with E-state index in [-0.39, 0.29) is 17.6 Å². The molecule has 0 N–H and O–H groups in total. The van der Waals surface area contributed by atoms with Crippen molar-refractivity contribution in [2.45, 2.75) is 13.5 Å². The number of ether oxygens (including phenoxy) is 1. The van der Waals surface area contributed by atoms with Gasteiger partial charge in [0.05, 0.1) is 30.0 Å². The van der Waals surface area contributed by atoms with E-state index in [0.717, 1.165) is 30.0 Å². The van der Waals surface area contributed by atoms with Crippen LogP contribution < -0.4 is 15.2 Å². The van der Waals surface area contributed by atoms with Gasteiger partial charge in [-0.15, -0.1) is 0 Å². The molecule has 6 rings (SSSR count). The van der Waals surface area contributed by atoms with E-state index in [4.69, 9.17) is 4.74 Å². The van der Waals surface area contributed by atoms with Gasteiger partial charge in [0.25, 0.3) is 0 Å². The molecule has 5 aromatic rings. The van der Waals surface area contributed by atoms with E-state index < -0.39 is 17.2 Å². The minimum absolute atomic E-state index is 0.107. The Hall–Kier alpha value is -4.99. The van der Waals surface area contributed by atoms with Gasteiger partial charge in [-0.1, -0.05) is 36.4 Å². The van der Waals surface area contributed by atoms with Crippen LogP contribution in [0.4, 0.5) is 15.8 Å². The van der Waals surface area contributed by atoms with Gasteiger partial charge in [-0.25, -0.2) is 18.9 Å². The molecule has 0 aliphatic carbocycles. The van der Waals surface area contributed by atoms with Crippen molar-refractivity contribution < 1.29 is 13.9 Å². The topological polar surface area (TPSA) is 85.5 Å². The zero-order valence-corrected chi connectivity index (χ0v) is 22.6. The molecular formula is C31H29FN6O3. The number of halogens is 1. The van der Waals surface area contributed by atoms with Crippen molar-refractivity contribution in [2.24, 2.45) is 0 Å². The fourth-order valence-corrected chi connectivity index (χ4v) is 5.34. The van der Waals surface area contributed by atoms with Crippen molar-refractivity contribution in [1.82, 2.24) is 19.3 Å². The third-order valence-electron chi connectivity index (χ3n) is 7.36. The molecule has 0 saturated carbocycles. The van der Waals surface area contributed by atoms with E-state index >= 15 is 4.39 Å². The van der Waals surface area contributed by atoms with Crippen LogP contribution >= 0.6 is 0 Å². The Kier molecular flexibility index (Phi) is 7.20. The first-order chi connectivity index (χ1) is 20.0. The van der Waals surface area contributed by atoms with Crippen molar-refractivity contribution in [1.29, 1.82) is 0 Å². The van der Waals surface area contributed by atoms with Crippen LogP contribution in [0.5, 0.6) is 0 Å². The van der Waals surface area contributed by atoms with Crippen molar-refractivity contribution >= 4 is 28.2 Å². The van der Waals surface area contributed by atoms with E-state index in [1.807, 2.05) is 47.4 Å². The molecule has 1 aliphatic heterocycles. The van der Waals surface area contributed by atoms with Crippen LogP contribution in [0, 0.1) is 5.82 Å². The lowest BCUT2D eigenvalue weighted by molar-refractivity contribution is 0.0524. The fraction of sp³-hybridized carbons (Fsp3) is 0.226. The first kappa shape index (κ1) is 26.2. The number of piperazine rings is 1. The summed E-state index contributed by atoms with van der Waals surface area (Å²) in [5.41, 5.74) is 2.92. The fourth-order valence-electron chi connectivity index (χ4n) is 5.34. The number of nitrogens with zero attached hydrogens (tertiary/aromatic N) is 6. The van der Waals surface area contributed by atoms with Crippen molar-refractivity contribution in [2.75, 3.05) is 42.6 Å². The molecule has 1 aliphatic rings. The first-order valence-electron chi connectivity index (χ1n) is 13.5. The Balaban J connectivity index is 1.46. The SMILES string of the molecule is CCOC(=O)c1cn(-c2ccccc2Cn2cncn2)c2cc(N3CCN(c4ccccc4)CC3)c(F)cc2c1=O. The third kappa shape index (κ3) is 5.16. The second-order valence-corrected chi connectivity index (χ2v) is 9.81. The van der Waals surface area contributed by atoms with E-state index in [1.165, 1.54) is 18.6 Å². The molecule has 41 heavy (non-hydrogen) atoms. The van der Waals surface area contributed by atoms with Crippen LogP contribution in [0.15, 0.2) is 90.4 Å². The summed E-state index contributed by atoms with van der Waals surface area (Å²) in [7, 11) is 0. The van der Waals surface area contributed by atoms with E-state index in [9.17, 15) is 9.59 Å². The highest BCUT2D eigenvalue weighted by Gasteiger charge is 2.24. The minimum Gasteiger partial charge on any atom is -0.462 e. The van der Waals surface area contributed by atoms with E-state index in [1.54, 1.807) is 28.6 Å². The van der Waals surface area contributed by atoms with Crippen LogP contribution in [0.2, 0.25) is 0 Å². The van der Waals surface area contributed by atoms with Crippen molar-refractivity contribution in [3.8, 4) is 5.69 Å². The molecule has 9 nitrogen and oxygen atoms in total. The number of anilines is 2. The Labute approximate surface area is 236 Å². The van der Waals surface area contributed by atoms with Gasteiger partial charge in [-0.2, -0.15) is 5.10 Å². The lowest BCUT2D eigenvalue weighted by Gasteiger charge is -2.37. The molecule has 3 heterocycles. The number of carbonyl (C=O) groups excluding carboxylic acids is 1. The summed E-state index contributed by atoms with van der Waals surface area (Å²) < 4.78 is 24.4. The molecule has 3 aromatic carbocycles. The zero-order valence-electron chi connectivity index (χ0n) is 22.6. The zero-order chi connectivity index (χ0) is 28.3. The van der Waals surface area contributed by atoms with Crippen LogP contribution in [-0.2, 0) is 11.3 Å². The molecule has 0 bridgehead atoms. The van der Waals surface area contributed by atoms with E-state index in [2.05, 4.69) is 27.1 Å². The van der Waals surface area contributed by atoms with E-state index in [0.29, 0.717) is 30.8 Å². The predicted molar refractivity (Wildman–Crippen MR) is 155 cm³/mol. The third-order valence-corrected chi connectivity index (χ3v) is 7.36. The number of fused-ring (bicyclic) bond motifs is 1. The Bertz CT molecular complexity index is 1750. The second-order valence-electron chi connectivity index (χ2n) is 9.81. The number of hydrogen-bond donors (Lipinski definition) is 0. The second kappa shape index (κ2) is 11.2. The molecule has 1 fully saturated rings. The lowest BCUT2D eigenvalue weighted by atomic mass is 10.1. The molecule has 0 spiro atoms. The van der Waals surface area contributed by atoms with Gasteiger partial charge in [0.2, 0.25) is 5.43 Å². The van der Waals surface area contributed by atoms with Gasteiger partial charge >= 0.3 is 5.97 Å². The number of aromatic nitrogens is 4. The molecule has 208 valence electrons. The highest BCUT2D eigenvalue weighted by atomic mass is 19.1. The number of rotatable bonds is 7. The number of para-hydroxylation sites is 2. The average Bonchev–Trinajstić information content (AvgIpc) is 3.52. The summed E-state index contributed by atoms with van der Waals surface area (Å²) >= 11 is 0.